The highest BCUT2D eigenvalue weighted by molar-refractivity contribution is 6.04. The molecular formula is C21H24N2O4. The van der Waals surface area contributed by atoms with Crippen molar-refractivity contribution in [2.45, 2.75) is 20.8 Å². The topological polar surface area (TPSA) is 75.7 Å². The Morgan fingerprint density at radius 2 is 1.59 bits per heavy atom. The molecule has 0 aliphatic heterocycles. The lowest BCUT2D eigenvalue weighted by molar-refractivity contribution is -0.118. The van der Waals surface area contributed by atoms with Crippen LogP contribution in [-0.2, 0) is 4.79 Å². The van der Waals surface area contributed by atoms with Gasteiger partial charge in [-0.25, -0.2) is 0 Å². The lowest BCUT2D eigenvalue weighted by Gasteiger charge is -2.20. The molecular weight excluding hydrogens is 344 g/mol. The van der Waals surface area contributed by atoms with Gasteiger partial charge in [0.2, 0.25) is 0 Å². The number of ether oxygens (including phenoxy) is 1. The number of carbonyl (C=O) groups is 3. The van der Waals surface area contributed by atoms with Crippen LogP contribution in [0.2, 0.25) is 0 Å². The van der Waals surface area contributed by atoms with Crippen LogP contribution in [0.15, 0.2) is 48.5 Å². The van der Waals surface area contributed by atoms with Gasteiger partial charge in [0.05, 0.1) is 11.3 Å². The molecule has 2 amide bonds. The van der Waals surface area contributed by atoms with Crippen molar-refractivity contribution in [1.82, 2.24) is 4.90 Å². The Morgan fingerprint density at radius 3 is 2.19 bits per heavy atom. The second-order valence-corrected chi connectivity index (χ2v) is 5.94. The highest BCUT2D eigenvalue weighted by Crippen LogP contribution is 2.18. The molecule has 0 radical (unpaired) electrons. The number of anilines is 1. The van der Waals surface area contributed by atoms with Gasteiger partial charge in [-0.15, -0.1) is 0 Å². The van der Waals surface area contributed by atoms with E-state index < -0.39 is 0 Å². The van der Waals surface area contributed by atoms with Gasteiger partial charge in [0.15, 0.2) is 12.4 Å². The third-order valence-electron chi connectivity index (χ3n) is 4.11. The predicted octanol–water partition coefficient (Wildman–Crippen LogP) is 3.39. The first-order chi connectivity index (χ1) is 13.0. The second kappa shape index (κ2) is 9.52. The normalized spacial score (nSPS) is 10.2. The highest BCUT2D eigenvalue weighted by Gasteiger charge is 2.17. The fraction of sp³-hybridized carbons (Fsp3) is 0.286. The number of hydrogen-bond acceptors (Lipinski definition) is 4. The van der Waals surface area contributed by atoms with Gasteiger partial charge in [-0.2, -0.15) is 0 Å². The molecule has 6 nitrogen and oxygen atoms in total. The number of nitrogens with one attached hydrogen (secondary N) is 1. The molecule has 2 aromatic carbocycles. The fourth-order valence-corrected chi connectivity index (χ4v) is 2.58. The van der Waals surface area contributed by atoms with E-state index in [4.69, 9.17) is 4.74 Å². The van der Waals surface area contributed by atoms with Crippen LogP contribution < -0.4 is 10.1 Å². The van der Waals surface area contributed by atoms with E-state index in [1.165, 1.54) is 6.92 Å². The number of benzene rings is 2. The van der Waals surface area contributed by atoms with Crippen LogP contribution in [0.5, 0.6) is 5.75 Å². The Morgan fingerprint density at radius 1 is 0.963 bits per heavy atom. The van der Waals surface area contributed by atoms with Crippen molar-refractivity contribution in [3.8, 4) is 5.75 Å². The van der Waals surface area contributed by atoms with Crippen LogP contribution in [0, 0.1) is 0 Å². The molecule has 0 bridgehead atoms. The van der Waals surface area contributed by atoms with E-state index in [1.807, 2.05) is 13.8 Å². The van der Waals surface area contributed by atoms with Crippen LogP contribution in [0.4, 0.5) is 5.69 Å². The largest absolute Gasteiger partial charge is 0.484 e. The van der Waals surface area contributed by atoms with Crippen molar-refractivity contribution >= 4 is 23.3 Å². The zero-order valence-electron chi connectivity index (χ0n) is 15.8. The van der Waals surface area contributed by atoms with Gasteiger partial charge in [-0.3, -0.25) is 14.4 Å². The van der Waals surface area contributed by atoms with E-state index in [2.05, 4.69) is 5.32 Å². The zero-order chi connectivity index (χ0) is 19.8. The summed E-state index contributed by atoms with van der Waals surface area (Å²) < 4.78 is 5.45. The van der Waals surface area contributed by atoms with Crippen molar-refractivity contribution in [1.29, 1.82) is 0 Å². The summed E-state index contributed by atoms with van der Waals surface area (Å²) in [6.45, 7) is 6.29. The first-order valence-corrected chi connectivity index (χ1v) is 8.88. The molecule has 142 valence electrons. The van der Waals surface area contributed by atoms with Crippen molar-refractivity contribution in [3.63, 3.8) is 0 Å². The number of rotatable bonds is 8. The van der Waals surface area contributed by atoms with Gasteiger partial charge in [0.1, 0.15) is 5.75 Å². The lowest BCUT2D eigenvalue weighted by Crippen LogP contribution is -2.31. The average molecular weight is 368 g/mol. The van der Waals surface area contributed by atoms with Crippen LogP contribution >= 0.6 is 0 Å². The Balaban J connectivity index is 2.01. The summed E-state index contributed by atoms with van der Waals surface area (Å²) in [5, 5.41) is 2.73. The summed E-state index contributed by atoms with van der Waals surface area (Å²) in [6.07, 6.45) is 0. The first kappa shape index (κ1) is 20.2. The number of ketones is 1. The Bertz CT molecular complexity index is 811. The third-order valence-corrected chi connectivity index (χ3v) is 4.11. The van der Waals surface area contributed by atoms with Gasteiger partial charge in [-0.05, 0) is 57.2 Å². The number of hydrogen-bond donors (Lipinski definition) is 1. The molecule has 0 saturated carbocycles. The Hall–Kier alpha value is -3.15. The van der Waals surface area contributed by atoms with E-state index >= 15 is 0 Å². The summed E-state index contributed by atoms with van der Waals surface area (Å²) in [5.74, 6) is -0.0431. The zero-order valence-corrected chi connectivity index (χ0v) is 15.8. The minimum absolute atomic E-state index is 0.0335. The molecule has 0 saturated heterocycles. The average Bonchev–Trinajstić information content (AvgIpc) is 2.68. The Labute approximate surface area is 159 Å². The fourth-order valence-electron chi connectivity index (χ4n) is 2.58. The molecule has 0 spiro atoms. The van der Waals surface area contributed by atoms with Gasteiger partial charge in [0.25, 0.3) is 11.8 Å². The molecule has 27 heavy (non-hydrogen) atoms. The van der Waals surface area contributed by atoms with Gasteiger partial charge in [0, 0.05) is 18.7 Å². The number of Topliss-reactive ketones (excluding diaryl/α,β-unsaturated/α-hetero) is 1. The van der Waals surface area contributed by atoms with Crippen LogP contribution in [0.1, 0.15) is 41.5 Å². The molecule has 2 aromatic rings. The molecule has 0 unspecified atom stereocenters. The van der Waals surface area contributed by atoms with Crippen LogP contribution in [0.25, 0.3) is 0 Å². The molecule has 0 fully saturated rings. The van der Waals surface area contributed by atoms with E-state index in [1.54, 1.807) is 53.4 Å². The molecule has 0 heterocycles. The molecule has 2 rings (SSSR count). The monoisotopic (exact) mass is 368 g/mol. The van der Waals surface area contributed by atoms with Gasteiger partial charge in [-0.1, -0.05) is 12.1 Å². The van der Waals surface area contributed by atoms with Crippen LogP contribution in [0.3, 0.4) is 0 Å². The second-order valence-electron chi connectivity index (χ2n) is 5.94. The molecule has 0 aromatic heterocycles. The van der Waals surface area contributed by atoms with Crippen molar-refractivity contribution < 1.29 is 19.1 Å². The van der Waals surface area contributed by atoms with Crippen molar-refractivity contribution in [2.75, 3.05) is 25.0 Å². The SMILES string of the molecule is CCN(CC)C(=O)c1ccccc1NC(=O)COc1ccc(C(C)=O)cc1. The first-order valence-electron chi connectivity index (χ1n) is 8.88. The number of para-hydroxylation sites is 1. The van der Waals surface area contributed by atoms with Gasteiger partial charge < -0.3 is 15.0 Å². The summed E-state index contributed by atoms with van der Waals surface area (Å²) in [7, 11) is 0. The highest BCUT2D eigenvalue weighted by atomic mass is 16.5. The summed E-state index contributed by atoms with van der Waals surface area (Å²) in [4.78, 5) is 37.8. The maximum Gasteiger partial charge on any atom is 0.262 e. The molecule has 1 N–H and O–H groups in total. The smallest absolute Gasteiger partial charge is 0.262 e. The van der Waals surface area contributed by atoms with Gasteiger partial charge >= 0.3 is 0 Å². The summed E-state index contributed by atoms with van der Waals surface area (Å²) in [5.41, 5.74) is 1.48. The maximum atomic E-state index is 12.6. The predicted molar refractivity (Wildman–Crippen MR) is 104 cm³/mol. The minimum Gasteiger partial charge on any atom is -0.484 e. The van der Waals surface area contributed by atoms with Crippen molar-refractivity contribution in [3.05, 3.63) is 59.7 Å². The lowest BCUT2D eigenvalue weighted by atomic mass is 10.1. The Kier molecular flexibility index (Phi) is 7.11. The van der Waals surface area contributed by atoms with Crippen LogP contribution in [-0.4, -0.2) is 42.2 Å². The molecule has 0 atom stereocenters. The molecule has 0 aliphatic rings. The maximum absolute atomic E-state index is 12.6. The van der Waals surface area contributed by atoms with E-state index in [9.17, 15) is 14.4 Å². The quantitative estimate of drug-likeness (QED) is 0.725. The molecule has 6 heteroatoms. The minimum atomic E-state index is -0.370. The van der Waals surface area contributed by atoms with E-state index in [0.29, 0.717) is 35.7 Å². The van der Waals surface area contributed by atoms with E-state index in [0.717, 1.165) is 0 Å². The standard InChI is InChI=1S/C21H24N2O4/c1-4-23(5-2)21(26)18-8-6-7-9-19(18)22-20(25)14-27-17-12-10-16(11-13-17)15(3)24/h6-13H,4-5,14H2,1-3H3,(H,22,25). The number of nitrogens with zero attached hydrogens (tertiary/aromatic N) is 1. The van der Waals surface area contributed by atoms with Crippen molar-refractivity contribution in [2.24, 2.45) is 0 Å². The summed E-state index contributed by atoms with van der Waals surface area (Å²) in [6, 6.07) is 13.5. The summed E-state index contributed by atoms with van der Waals surface area (Å²) >= 11 is 0. The number of carbonyl (C=O) groups excluding carboxylic acids is 3. The molecule has 0 aliphatic carbocycles. The number of amides is 2. The van der Waals surface area contributed by atoms with E-state index in [-0.39, 0.29) is 24.2 Å². The third kappa shape index (κ3) is 5.41.